The third kappa shape index (κ3) is 1.58. The van der Waals surface area contributed by atoms with Crippen molar-refractivity contribution in [1.29, 1.82) is 5.41 Å². The van der Waals surface area contributed by atoms with Crippen LogP contribution in [-0.4, -0.2) is 17.8 Å². The summed E-state index contributed by atoms with van der Waals surface area (Å²) < 4.78 is 0. The van der Waals surface area contributed by atoms with Gasteiger partial charge < -0.3 is 4.90 Å². The van der Waals surface area contributed by atoms with Crippen LogP contribution in [0.15, 0.2) is 36.1 Å². The molecule has 0 saturated heterocycles. The highest BCUT2D eigenvalue weighted by Crippen LogP contribution is 2.11. The smallest absolute Gasteiger partial charge is 0.131 e. The van der Waals surface area contributed by atoms with Crippen LogP contribution >= 0.6 is 0 Å². The van der Waals surface area contributed by atoms with Crippen molar-refractivity contribution in [2.24, 2.45) is 0 Å². The Kier molecular flexibility index (Phi) is 2.26. The first-order valence-corrected chi connectivity index (χ1v) is 3.58. The quantitative estimate of drug-likeness (QED) is 0.604. The van der Waals surface area contributed by atoms with Gasteiger partial charge in [0.15, 0.2) is 0 Å². The molecule has 0 bridgehead atoms. The molecule has 11 heavy (non-hydrogen) atoms. The number of allylic oxidation sites excluding steroid dienone is 3. The second-order valence-electron chi connectivity index (χ2n) is 2.42. The fourth-order valence-electron chi connectivity index (χ4n) is 0.884. The van der Waals surface area contributed by atoms with Gasteiger partial charge in [-0.25, -0.2) is 0 Å². The summed E-state index contributed by atoms with van der Waals surface area (Å²) in [7, 11) is 1.87. The van der Waals surface area contributed by atoms with E-state index in [0.717, 1.165) is 5.57 Å². The molecule has 1 rings (SSSR count). The van der Waals surface area contributed by atoms with E-state index in [-0.39, 0.29) is 0 Å². The maximum Gasteiger partial charge on any atom is 0.131 e. The number of nitrogens with zero attached hydrogens (tertiary/aromatic N) is 1. The molecule has 2 heteroatoms. The predicted octanol–water partition coefficient (Wildman–Crippen LogP) is 1.93. The van der Waals surface area contributed by atoms with E-state index < -0.39 is 0 Å². The van der Waals surface area contributed by atoms with E-state index in [9.17, 15) is 0 Å². The second-order valence-corrected chi connectivity index (χ2v) is 2.42. The van der Waals surface area contributed by atoms with Crippen LogP contribution in [0.25, 0.3) is 0 Å². The molecule has 58 valence electrons. The van der Waals surface area contributed by atoms with Gasteiger partial charge in [-0.1, -0.05) is 18.2 Å². The minimum Gasteiger partial charge on any atom is -0.336 e. The van der Waals surface area contributed by atoms with Gasteiger partial charge in [0, 0.05) is 18.8 Å². The molecule has 0 spiro atoms. The summed E-state index contributed by atoms with van der Waals surface area (Å²) in [5.41, 5.74) is 0.964. The molecule has 1 heterocycles. The Bertz CT molecular complexity index is 246. The summed E-state index contributed by atoms with van der Waals surface area (Å²) in [5, 5.41) is 7.55. The molecule has 1 aliphatic heterocycles. The van der Waals surface area contributed by atoms with Gasteiger partial charge >= 0.3 is 0 Å². The van der Waals surface area contributed by atoms with Crippen molar-refractivity contribution in [3.8, 4) is 0 Å². The number of hydrogen-bond acceptors (Lipinski definition) is 1. The average molecular weight is 148 g/mol. The van der Waals surface area contributed by atoms with Crippen molar-refractivity contribution in [2.75, 3.05) is 7.05 Å². The Morgan fingerprint density at radius 3 is 2.73 bits per heavy atom. The number of amidine groups is 1. The molecule has 0 aromatic rings. The van der Waals surface area contributed by atoms with Crippen LogP contribution in [0.4, 0.5) is 0 Å². The first-order chi connectivity index (χ1) is 5.25. The first-order valence-electron chi connectivity index (χ1n) is 3.58. The molecular weight excluding hydrogens is 136 g/mol. The van der Waals surface area contributed by atoms with Gasteiger partial charge in [0.05, 0.1) is 0 Å². The molecular formula is C9H12N2. The van der Waals surface area contributed by atoms with E-state index in [1.54, 1.807) is 4.90 Å². The fraction of sp³-hybridized carbons (Fsp3) is 0.222. The summed E-state index contributed by atoms with van der Waals surface area (Å²) in [6.07, 6.45) is 9.64. The van der Waals surface area contributed by atoms with Crippen molar-refractivity contribution in [3.05, 3.63) is 36.1 Å². The van der Waals surface area contributed by atoms with Crippen molar-refractivity contribution in [1.82, 2.24) is 4.90 Å². The Hall–Kier alpha value is -1.31. The van der Waals surface area contributed by atoms with E-state index >= 15 is 0 Å². The third-order valence-corrected chi connectivity index (χ3v) is 1.57. The van der Waals surface area contributed by atoms with Crippen LogP contribution in [0, 0.1) is 5.41 Å². The largest absolute Gasteiger partial charge is 0.336 e. The van der Waals surface area contributed by atoms with Crippen LogP contribution in [0.5, 0.6) is 0 Å². The zero-order valence-corrected chi connectivity index (χ0v) is 6.83. The van der Waals surface area contributed by atoms with Crippen LogP contribution < -0.4 is 0 Å². The van der Waals surface area contributed by atoms with E-state index in [0.29, 0.717) is 5.84 Å². The minimum atomic E-state index is 0.558. The standard InChI is InChI=1S/C9H12N2/c1-3-4-5-8-6-7-11(2)9(8)10/h3-7,10H,1-2H3/b4-3-,8-5-,10-9?. The van der Waals surface area contributed by atoms with Crippen molar-refractivity contribution in [3.63, 3.8) is 0 Å². The van der Waals surface area contributed by atoms with Crippen LogP contribution in [0.2, 0.25) is 0 Å². The molecule has 1 aliphatic rings. The highest BCUT2D eigenvalue weighted by molar-refractivity contribution is 6.01. The lowest BCUT2D eigenvalue weighted by Gasteiger charge is -2.06. The molecule has 0 radical (unpaired) electrons. The Labute approximate surface area is 67.0 Å². The van der Waals surface area contributed by atoms with Crippen molar-refractivity contribution >= 4 is 5.84 Å². The van der Waals surface area contributed by atoms with Crippen LogP contribution in [0.3, 0.4) is 0 Å². The average Bonchev–Trinajstić information content (AvgIpc) is 2.31. The highest BCUT2D eigenvalue weighted by Gasteiger charge is 2.10. The van der Waals surface area contributed by atoms with Crippen LogP contribution in [0.1, 0.15) is 6.92 Å². The lowest BCUT2D eigenvalue weighted by Crippen LogP contribution is -2.15. The topological polar surface area (TPSA) is 27.1 Å². The number of hydrogen-bond donors (Lipinski definition) is 1. The predicted molar refractivity (Wildman–Crippen MR) is 47.5 cm³/mol. The van der Waals surface area contributed by atoms with Crippen molar-refractivity contribution < 1.29 is 0 Å². The summed E-state index contributed by atoms with van der Waals surface area (Å²) in [4.78, 5) is 1.79. The van der Waals surface area contributed by atoms with Crippen molar-refractivity contribution in [2.45, 2.75) is 6.92 Å². The third-order valence-electron chi connectivity index (χ3n) is 1.57. The number of nitrogens with one attached hydrogen (secondary N) is 1. The lowest BCUT2D eigenvalue weighted by molar-refractivity contribution is 0.699. The number of rotatable bonds is 1. The summed E-state index contributed by atoms with van der Waals surface area (Å²) in [5.74, 6) is 0.558. The van der Waals surface area contributed by atoms with E-state index in [4.69, 9.17) is 5.41 Å². The summed E-state index contributed by atoms with van der Waals surface area (Å²) in [6.45, 7) is 1.96. The van der Waals surface area contributed by atoms with E-state index in [1.165, 1.54) is 0 Å². The monoisotopic (exact) mass is 148 g/mol. The first kappa shape index (κ1) is 7.79. The summed E-state index contributed by atoms with van der Waals surface area (Å²) in [6, 6.07) is 0. The van der Waals surface area contributed by atoms with Gasteiger partial charge in [0.1, 0.15) is 5.84 Å². The molecule has 0 aromatic heterocycles. The minimum absolute atomic E-state index is 0.558. The molecule has 0 saturated carbocycles. The normalized spacial score (nSPS) is 21.1. The fourth-order valence-corrected chi connectivity index (χ4v) is 0.884. The molecule has 1 N–H and O–H groups in total. The van der Waals surface area contributed by atoms with Crippen LogP contribution in [-0.2, 0) is 0 Å². The van der Waals surface area contributed by atoms with Gasteiger partial charge in [-0.2, -0.15) is 0 Å². The Morgan fingerprint density at radius 1 is 1.55 bits per heavy atom. The molecule has 0 aromatic carbocycles. The molecule has 0 fully saturated rings. The Balaban J connectivity index is 2.77. The maximum atomic E-state index is 7.55. The zero-order valence-electron chi connectivity index (χ0n) is 6.83. The van der Waals surface area contributed by atoms with Gasteiger partial charge in [-0.15, -0.1) is 0 Å². The molecule has 2 nitrogen and oxygen atoms in total. The zero-order chi connectivity index (χ0) is 8.27. The SMILES string of the molecule is C/C=C\C=C1\C=CN(C)C1=N. The second kappa shape index (κ2) is 3.19. The van der Waals surface area contributed by atoms with E-state index in [1.807, 2.05) is 44.5 Å². The Morgan fingerprint density at radius 2 is 2.27 bits per heavy atom. The molecule has 0 amide bonds. The molecule has 0 unspecified atom stereocenters. The van der Waals surface area contributed by atoms with Gasteiger partial charge in [0.2, 0.25) is 0 Å². The maximum absolute atomic E-state index is 7.55. The van der Waals surface area contributed by atoms with Gasteiger partial charge in [0.25, 0.3) is 0 Å². The van der Waals surface area contributed by atoms with E-state index in [2.05, 4.69) is 0 Å². The number of likely N-dealkylation sites (N-methyl/N-ethyl adjacent to an activating group) is 1. The summed E-state index contributed by atoms with van der Waals surface area (Å²) >= 11 is 0. The molecule has 0 aliphatic carbocycles. The highest BCUT2D eigenvalue weighted by atomic mass is 15.1. The molecule has 0 atom stereocenters. The lowest BCUT2D eigenvalue weighted by atomic mass is 10.2. The van der Waals surface area contributed by atoms with Gasteiger partial charge in [-0.3, -0.25) is 5.41 Å². The van der Waals surface area contributed by atoms with Gasteiger partial charge in [-0.05, 0) is 13.0 Å².